The Morgan fingerprint density at radius 1 is 1.15 bits per heavy atom. The van der Waals surface area contributed by atoms with Gasteiger partial charge in [0.2, 0.25) is 0 Å². The van der Waals surface area contributed by atoms with E-state index in [-0.39, 0.29) is 5.82 Å². The summed E-state index contributed by atoms with van der Waals surface area (Å²) >= 11 is 0. The number of pyridine rings is 1. The van der Waals surface area contributed by atoms with E-state index in [2.05, 4.69) is 20.5 Å². The van der Waals surface area contributed by atoms with Crippen LogP contribution in [0.4, 0.5) is 4.39 Å². The first kappa shape index (κ1) is 16.9. The monoisotopic (exact) mass is 350 g/mol. The first-order valence-corrected chi connectivity index (χ1v) is 9.11. The maximum absolute atomic E-state index is 14.1. The van der Waals surface area contributed by atoms with Gasteiger partial charge in [-0.1, -0.05) is 18.2 Å². The van der Waals surface area contributed by atoms with E-state index in [4.69, 9.17) is 4.98 Å². The summed E-state index contributed by atoms with van der Waals surface area (Å²) in [5, 5.41) is 0. The highest BCUT2D eigenvalue weighted by Gasteiger charge is 2.23. The molecule has 2 aromatic heterocycles. The fourth-order valence-electron chi connectivity index (χ4n) is 3.69. The van der Waals surface area contributed by atoms with E-state index in [9.17, 15) is 4.39 Å². The lowest BCUT2D eigenvalue weighted by molar-refractivity contribution is 0.192. The molecule has 0 unspecified atom stereocenters. The number of aryl methyl sites for hydroxylation is 1. The average molecular weight is 350 g/mol. The van der Waals surface area contributed by atoms with Gasteiger partial charge < -0.3 is 4.57 Å². The smallest absolute Gasteiger partial charge is 0.132 e. The molecular formula is C21H23FN4. The molecule has 0 saturated carbocycles. The van der Waals surface area contributed by atoms with Crippen molar-refractivity contribution in [3.63, 3.8) is 0 Å². The average Bonchev–Trinajstić information content (AvgIpc) is 3.07. The molecule has 26 heavy (non-hydrogen) atoms. The highest BCUT2D eigenvalue weighted by Crippen LogP contribution is 2.29. The third kappa shape index (κ3) is 3.53. The normalized spacial score (nSPS) is 18.2. The number of halogens is 1. The van der Waals surface area contributed by atoms with Gasteiger partial charge in [0.05, 0.1) is 12.2 Å². The molecule has 134 valence electrons. The molecule has 0 amide bonds. The van der Waals surface area contributed by atoms with Crippen LogP contribution in [-0.2, 0) is 13.6 Å². The van der Waals surface area contributed by atoms with Crippen molar-refractivity contribution < 1.29 is 4.39 Å². The van der Waals surface area contributed by atoms with Crippen LogP contribution in [-0.4, -0.2) is 32.5 Å². The number of likely N-dealkylation sites (tertiary alicyclic amines) is 1. The van der Waals surface area contributed by atoms with Gasteiger partial charge in [0, 0.05) is 43.2 Å². The summed E-state index contributed by atoms with van der Waals surface area (Å²) in [7, 11) is 2.03. The first-order chi connectivity index (χ1) is 12.7. The van der Waals surface area contributed by atoms with Gasteiger partial charge in [0.15, 0.2) is 0 Å². The zero-order chi connectivity index (χ0) is 17.9. The molecular weight excluding hydrogens is 327 g/mol. The topological polar surface area (TPSA) is 34.0 Å². The summed E-state index contributed by atoms with van der Waals surface area (Å²) in [5.74, 6) is 1.23. The van der Waals surface area contributed by atoms with Crippen molar-refractivity contribution in [1.82, 2.24) is 19.4 Å². The minimum absolute atomic E-state index is 0.225. The second-order valence-corrected chi connectivity index (χ2v) is 6.96. The molecule has 0 spiro atoms. The molecule has 1 aliphatic heterocycles. The summed E-state index contributed by atoms with van der Waals surface area (Å²) in [6.07, 6.45) is 6.08. The Hall–Kier alpha value is -2.53. The summed E-state index contributed by atoms with van der Waals surface area (Å²) < 4.78 is 16.2. The summed E-state index contributed by atoms with van der Waals surface area (Å²) in [4.78, 5) is 11.7. The molecule has 1 atom stereocenters. The van der Waals surface area contributed by atoms with Gasteiger partial charge in [-0.25, -0.2) is 9.37 Å². The van der Waals surface area contributed by atoms with Gasteiger partial charge in [-0.05, 0) is 43.7 Å². The zero-order valence-corrected chi connectivity index (χ0v) is 15.0. The van der Waals surface area contributed by atoms with Crippen LogP contribution in [0, 0.1) is 5.82 Å². The molecule has 1 saturated heterocycles. The standard InChI is InChI=1S/C21H23FN4/c1-25-13-11-23-21(25)15-26-12-5-6-16(14-26)19-9-4-10-20(24-19)17-7-2-3-8-18(17)22/h2-4,7-11,13,16H,5-6,12,14-15H2,1H3/t16-/m0/s1. The molecule has 0 radical (unpaired) electrons. The predicted molar refractivity (Wildman–Crippen MR) is 100 cm³/mol. The number of hydrogen-bond donors (Lipinski definition) is 0. The lowest BCUT2D eigenvalue weighted by Gasteiger charge is -2.32. The van der Waals surface area contributed by atoms with Crippen molar-refractivity contribution in [2.24, 2.45) is 7.05 Å². The fourth-order valence-corrected chi connectivity index (χ4v) is 3.69. The molecule has 3 aromatic rings. The Bertz CT molecular complexity index is 889. The SMILES string of the molecule is Cn1ccnc1CN1CCC[C@H](c2cccc(-c3ccccc3F)n2)C1. The van der Waals surface area contributed by atoms with Crippen molar-refractivity contribution in [3.8, 4) is 11.3 Å². The second-order valence-electron chi connectivity index (χ2n) is 6.96. The molecule has 4 nitrogen and oxygen atoms in total. The lowest BCUT2D eigenvalue weighted by atomic mass is 9.94. The minimum atomic E-state index is -0.225. The van der Waals surface area contributed by atoms with E-state index in [0.29, 0.717) is 17.2 Å². The third-order valence-electron chi connectivity index (χ3n) is 5.13. The maximum atomic E-state index is 14.1. The van der Waals surface area contributed by atoms with Crippen molar-refractivity contribution in [1.29, 1.82) is 0 Å². The molecule has 1 aromatic carbocycles. The number of nitrogens with zero attached hydrogens (tertiary/aromatic N) is 4. The Kier molecular flexibility index (Phi) is 4.80. The van der Waals surface area contributed by atoms with Crippen LogP contribution < -0.4 is 0 Å². The highest BCUT2D eigenvalue weighted by atomic mass is 19.1. The Balaban J connectivity index is 1.53. The third-order valence-corrected chi connectivity index (χ3v) is 5.13. The second kappa shape index (κ2) is 7.38. The first-order valence-electron chi connectivity index (χ1n) is 9.11. The quantitative estimate of drug-likeness (QED) is 0.713. The fraction of sp³-hybridized carbons (Fsp3) is 0.333. The van der Waals surface area contributed by atoms with E-state index in [1.54, 1.807) is 12.1 Å². The van der Waals surface area contributed by atoms with Crippen LogP contribution >= 0.6 is 0 Å². The van der Waals surface area contributed by atoms with Gasteiger partial charge in [-0.3, -0.25) is 9.88 Å². The Morgan fingerprint density at radius 3 is 2.85 bits per heavy atom. The Labute approximate surface area is 153 Å². The van der Waals surface area contributed by atoms with E-state index in [0.717, 1.165) is 44.0 Å². The van der Waals surface area contributed by atoms with Crippen molar-refractivity contribution in [2.45, 2.75) is 25.3 Å². The number of piperidine rings is 1. The maximum Gasteiger partial charge on any atom is 0.132 e. The van der Waals surface area contributed by atoms with Crippen LogP contribution in [0.15, 0.2) is 54.9 Å². The summed E-state index contributed by atoms with van der Waals surface area (Å²) in [6.45, 7) is 2.89. The zero-order valence-electron chi connectivity index (χ0n) is 15.0. The van der Waals surface area contributed by atoms with Crippen molar-refractivity contribution in [2.75, 3.05) is 13.1 Å². The Morgan fingerprint density at radius 2 is 2.04 bits per heavy atom. The highest BCUT2D eigenvalue weighted by molar-refractivity contribution is 5.59. The molecule has 4 rings (SSSR count). The van der Waals surface area contributed by atoms with Gasteiger partial charge in [0.25, 0.3) is 0 Å². The summed E-state index contributed by atoms with van der Waals surface area (Å²) in [6, 6.07) is 12.8. The van der Waals surface area contributed by atoms with Gasteiger partial charge >= 0.3 is 0 Å². The molecule has 0 bridgehead atoms. The number of aromatic nitrogens is 3. The van der Waals surface area contributed by atoms with Gasteiger partial charge in [-0.2, -0.15) is 0 Å². The number of imidazole rings is 1. The van der Waals surface area contributed by atoms with Crippen LogP contribution in [0.25, 0.3) is 11.3 Å². The predicted octanol–water partition coefficient (Wildman–Crippen LogP) is 4.00. The lowest BCUT2D eigenvalue weighted by Crippen LogP contribution is -2.35. The van der Waals surface area contributed by atoms with E-state index in [1.807, 2.05) is 37.6 Å². The van der Waals surface area contributed by atoms with E-state index >= 15 is 0 Å². The minimum Gasteiger partial charge on any atom is -0.337 e. The molecule has 1 aliphatic rings. The summed E-state index contributed by atoms with van der Waals surface area (Å²) in [5.41, 5.74) is 2.33. The number of hydrogen-bond acceptors (Lipinski definition) is 3. The molecule has 5 heteroatoms. The van der Waals surface area contributed by atoms with Crippen LogP contribution in [0.5, 0.6) is 0 Å². The van der Waals surface area contributed by atoms with Crippen molar-refractivity contribution >= 4 is 0 Å². The van der Waals surface area contributed by atoms with E-state index in [1.165, 1.54) is 6.07 Å². The van der Waals surface area contributed by atoms with Crippen LogP contribution in [0.1, 0.15) is 30.3 Å². The largest absolute Gasteiger partial charge is 0.337 e. The molecule has 0 N–H and O–H groups in total. The number of benzene rings is 1. The molecule has 3 heterocycles. The van der Waals surface area contributed by atoms with Gasteiger partial charge in [-0.15, -0.1) is 0 Å². The number of rotatable bonds is 4. The van der Waals surface area contributed by atoms with Crippen molar-refractivity contribution in [3.05, 3.63) is 72.2 Å². The van der Waals surface area contributed by atoms with Gasteiger partial charge in [0.1, 0.15) is 11.6 Å². The van der Waals surface area contributed by atoms with Crippen LogP contribution in [0.2, 0.25) is 0 Å². The molecule has 1 fully saturated rings. The molecule has 0 aliphatic carbocycles. The van der Waals surface area contributed by atoms with E-state index < -0.39 is 0 Å². The van der Waals surface area contributed by atoms with Crippen LogP contribution in [0.3, 0.4) is 0 Å².